The quantitative estimate of drug-likeness (QED) is 0.613. The Morgan fingerprint density at radius 2 is 2.13 bits per heavy atom. The number of carbonyl (C=O) groups excluding carboxylic acids is 1. The van der Waals surface area contributed by atoms with Crippen molar-refractivity contribution in [3.63, 3.8) is 0 Å². The average Bonchev–Trinajstić information content (AvgIpc) is 2.68. The second-order valence-electron chi connectivity index (χ2n) is 5.39. The van der Waals surface area contributed by atoms with Gasteiger partial charge in [-0.3, -0.25) is 14.9 Å². The highest BCUT2D eigenvalue weighted by atomic mass is 19.1. The van der Waals surface area contributed by atoms with Crippen LogP contribution in [0.1, 0.15) is 19.8 Å². The van der Waals surface area contributed by atoms with E-state index in [1.54, 1.807) is 9.80 Å². The van der Waals surface area contributed by atoms with Crippen molar-refractivity contribution in [1.82, 2.24) is 4.90 Å². The van der Waals surface area contributed by atoms with Crippen LogP contribution < -0.4 is 9.64 Å². The lowest BCUT2D eigenvalue weighted by Gasteiger charge is -2.23. The first-order valence-electron chi connectivity index (χ1n) is 7.52. The maximum atomic E-state index is 14.1. The van der Waals surface area contributed by atoms with Crippen LogP contribution >= 0.6 is 0 Å². The zero-order valence-corrected chi connectivity index (χ0v) is 13.2. The van der Waals surface area contributed by atoms with E-state index in [-0.39, 0.29) is 23.9 Å². The predicted octanol–water partition coefficient (Wildman–Crippen LogP) is 2.19. The monoisotopic (exact) mass is 325 g/mol. The summed E-state index contributed by atoms with van der Waals surface area (Å²) in [7, 11) is 1.36. The van der Waals surface area contributed by atoms with Crippen molar-refractivity contribution in [3.8, 4) is 5.75 Å². The third-order valence-electron chi connectivity index (χ3n) is 3.80. The molecular formula is C15H20FN3O4. The minimum atomic E-state index is -0.966. The van der Waals surface area contributed by atoms with E-state index in [9.17, 15) is 19.3 Å². The number of methoxy groups -OCH3 is 1. The highest BCUT2D eigenvalue weighted by Crippen LogP contribution is 2.35. The van der Waals surface area contributed by atoms with Gasteiger partial charge in [-0.25, -0.2) is 0 Å². The van der Waals surface area contributed by atoms with Gasteiger partial charge in [0.05, 0.1) is 18.6 Å². The molecule has 0 N–H and O–H groups in total. The lowest BCUT2D eigenvalue weighted by molar-refractivity contribution is -0.386. The van der Waals surface area contributed by atoms with Gasteiger partial charge in [0, 0.05) is 31.8 Å². The van der Waals surface area contributed by atoms with Gasteiger partial charge in [-0.15, -0.1) is 0 Å². The Kier molecular flexibility index (Phi) is 5.36. The highest BCUT2D eigenvalue weighted by molar-refractivity contribution is 5.83. The Labute approximate surface area is 133 Å². The van der Waals surface area contributed by atoms with Crippen molar-refractivity contribution in [1.29, 1.82) is 0 Å². The Bertz CT molecular complexity index is 609. The zero-order chi connectivity index (χ0) is 17.0. The number of nitro benzene ring substituents is 1. The van der Waals surface area contributed by atoms with Crippen LogP contribution in [0.2, 0.25) is 0 Å². The van der Waals surface area contributed by atoms with Gasteiger partial charge < -0.3 is 14.5 Å². The molecular weight excluding hydrogens is 305 g/mol. The molecule has 7 nitrogen and oxygen atoms in total. The molecule has 23 heavy (non-hydrogen) atoms. The van der Waals surface area contributed by atoms with Crippen LogP contribution in [0.15, 0.2) is 12.1 Å². The maximum Gasteiger partial charge on any atom is 0.328 e. The van der Waals surface area contributed by atoms with E-state index in [1.165, 1.54) is 13.2 Å². The summed E-state index contributed by atoms with van der Waals surface area (Å²) in [5.41, 5.74) is -0.541. The lowest BCUT2D eigenvalue weighted by atomic mass is 10.2. The first-order valence-corrected chi connectivity index (χ1v) is 7.52. The summed E-state index contributed by atoms with van der Waals surface area (Å²) in [5.74, 6) is -0.890. The number of halogens is 1. The van der Waals surface area contributed by atoms with Crippen LogP contribution in [-0.2, 0) is 4.79 Å². The summed E-state index contributed by atoms with van der Waals surface area (Å²) in [5, 5.41) is 11.2. The number of benzene rings is 1. The fourth-order valence-electron chi connectivity index (χ4n) is 2.73. The number of carbonyl (C=O) groups is 1. The molecule has 1 aliphatic rings. The molecule has 0 bridgehead atoms. The van der Waals surface area contributed by atoms with Crippen molar-refractivity contribution in [2.45, 2.75) is 19.8 Å². The highest BCUT2D eigenvalue weighted by Gasteiger charge is 2.29. The van der Waals surface area contributed by atoms with Gasteiger partial charge in [0.1, 0.15) is 11.4 Å². The van der Waals surface area contributed by atoms with Crippen LogP contribution in [0.4, 0.5) is 15.8 Å². The van der Waals surface area contributed by atoms with Crippen LogP contribution in [0.25, 0.3) is 0 Å². The number of anilines is 1. The molecule has 0 aromatic heterocycles. The summed E-state index contributed by atoms with van der Waals surface area (Å²) in [6.45, 7) is 3.68. The molecule has 2 rings (SSSR count). The summed E-state index contributed by atoms with van der Waals surface area (Å²) in [6, 6.07) is 2.38. The van der Waals surface area contributed by atoms with Gasteiger partial charge in [0.25, 0.3) is 0 Å². The molecule has 1 saturated heterocycles. The Morgan fingerprint density at radius 3 is 2.74 bits per heavy atom. The average molecular weight is 325 g/mol. The minimum Gasteiger partial charge on any atom is -0.497 e. The van der Waals surface area contributed by atoms with Crippen molar-refractivity contribution < 1.29 is 18.8 Å². The molecule has 8 heteroatoms. The van der Waals surface area contributed by atoms with Gasteiger partial charge in [-0.05, 0) is 12.8 Å². The number of nitro groups is 1. The third kappa shape index (κ3) is 3.69. The fraction of sp³-hybridized carbons (Fsp3) is 0.533. The minimum absolute atomic E-state index is 0.00650. The van der Waals surface area contributed by atoms with Crippen molar-refractivity contribution in [3.05, 3.63) is 28.1 Å². The summed E-state index contributed by atoms with van der Waals surface area (Å²) in [6.07, 6.45) is 1.52. The third-order valence-corrected chi connectivity index (χ3v) is 3.80. The Balaban J connectivity index is 2.38. The standard InChI is InChI=1S/C15H20FN3O4/c1-3-5-17-6-4-7-18(10-14(17)20)13-9-11(23-2)8-12(16)15(13)19(21)22/h8-9H,3-7,10H2,1-2H3. The number of ether oxygens (including phenoxy) is 1. The summed E-state index contributed by atoms with van der Waals surface area (Å²) < 4.78 is 19.1. The molecule has 1 fully saturated rings. The molecule has 0 aliphatic carbocycles. The second kappa shape index (κ2) is 7.26. The topological polar surface area (TPSA) is 75.9 Å². The van der Waals surface area contributed by atoms with Crippen LogP contribution in [0.3, 0.4) is 0 Å². The predicted molar refractivity (Wildman–Crippen MR) is 83.3 cm³/mol. The van der Waals surface area contributed by atoms with E-state index in [2.05, 4.69) is 0 Å². The molecule has 0 unspecified atom stereocenters. The van der Waals surface area contributed by atoms with Gasteiger partial charge in [0.2, 0.25) is 11.7 Å². The molecule has 1 aliphatic heterocycles. The van der Waals surface area contributed by atoms with Gasteiger partial charge in [-0.2, -0.15) is 4.39 Å². The molecule has 1 aromatic carbocycles. The van der Waals surface area contributed by atoms with Crippen LogP contribution in [0.5, 0.6) is 5.75 Å². The van der Waals surface area contributed by atoms with Gasteiger partial charge in [-0.1, -0.05) is 6.92 Å². The molecule has 126 valence electrons. The van der Waals surface area contributed by atoms with Crippen molar-refractivity contribution in [2.75, 3.05) is 38.2 Å². The molecule has 1 heterocycles. The van der Waals surface area contributed by atoms with E-state index < -0.39 is 16.4 Å². The first-order chi connectivity index (χ1) is 11.0. The van der Waals surface area contributed by atoms with E-state index >= 15 is 0 Å². The largest absolute Gasteiger partial charge is 0.497 e. The van der Waals surface area contributed by atoms with Crippen molar-refractivity contribution in [2.24, 2.45) is 0 Å². The Morgan fingerprint density at radius 1 is 1.39 bits per heavy atom. The van der Waals surface area contributed by atoms with Crippen LogP contribution in [-0.4, -0.2) is 49.0 Å². The second-order valence-corrected chi connectivity index (χ2v) is 5.39. The normalized spacial score (nSPS) is 15.5. The maximum absolute atomic E-state index is 14.1. The van der Waals surface area contributed by atoms with Crippen LogP contribution in [0, 0.1) is 15.9 Å². The lowest BCUT2D eigenvalue weighted by Crippen LogP contribution is -2.37. The zero-order valence-electron chi connectivity index (χ0n) is 13.2. The number of nitrogens with zero attached hydrogens (tertiary/aromatic N) is 3. The number of hydrogen-bond donors (Lipinski definition) is 0. The fourth-order valence-corrected chi connectivity index (χ4v) is 2.73. The molecule has 1 aromatic rings. The van der Waals surface area contributed by atoms with E-state index in [0.717, 1.165) is 12.5 Å². The smallest absolute Gasteiger partial charge is 0.328 e. The molecule has 0 saturated carbocycles. The Hall–Kier alpha value is -2.38. The summed E-state index contributed by atoms with van der Waals surface area (Å²) >= 11 is 0. The number of rotatable bonds is 5. The molecule has 0 atom stereocenters. The van der Waals surface area contributed by atoms with Gasteiger partial charge >= 0.3 is 5.69 Å². The number of amides is 1. The van der Waals surface area contributed by atoms with E-state index in [0.29, 0.717) is 26.1 Å². The molecule has 0 spiro atoms. The van der Waals surface area contributed by atoms with E-state index in [4.69, 9.17) is 4.74 Å². The molecule has 0 radical (unpaired) electrons. The molecule has 1 amide bonds. The van der Waals surface area contributed by atoms with Crippen molar-refractivity contribution >= 4 is 17.3 Å². The summed E-state index contributed by atoms with van der Waals surface area (Å²) in [4.78, 5) is 26.1. The SMILES string of the molecule is CCCN1CCCN(c2cc(OC)cc(F)c2[N+](=O)[O-])CC1=O. The number of hydrogen-bond acceptors (Lipinski definition) is 5. The first kappa shape index (κ1) is 17.0. The van der Waals surface area contributed by atoms with E-state index in [1.807, 2.05) is 6.92 Å². The van der Waals surface area contributed by atoms with Gasteiger partial charge in [0.15, 0.2) is 0 Å².